The van der Waals surface area contributed by atoms with Crippen LogP contribution in [0.25, 0.3) is 22.5 Å². The van der Waals surface area contributed by atoms with Crippen LogP contribution >= 0.6 is 0 Å². The summed E-state index contributed by atoms with van der Waals surface area (Å²) < 4.78 is 23.1. The maximum absolute atomic E-state index is 11.8. The third-order valence-electron chi connectivity index (χ3n) is 5.04. The zero-order chi connectivity index (χ0) is 20.8. The third kappa shape index (κ3) is 3.21. The molecule has 4 rings (SSSR count). The number of fused-ring (bicyclic) bond motifs is 3. The van der Waals surface area contributed by atoms with E-state index in [1.165, 1.54) is 7.11 Å². The Balaban J connectivity index is 1.97. The molecule has 1 atom stereocenters. The summed E-state index contributed by atoms with van der Waals surface area (Å²) in [6.45, 7) is 6.33. The molecular formula is C24H24O5. The summed E-state index contributed by atoms with van der Waals surface area (Å²) in [5.41, 5.74) is 3.88. The van der Waals surface area contributed by atoms with Crippen LogP contribution in [0.1, 0.15) is 48.7 Å². The fourth-order valence-electron chi connectivity index (χ4n) is 3.67. The molecule has 0 bridgehead atoms. The number of ether oxygens (including phenoxy) is 3. The van der Waals surface area contributed by atoms with E-state index < -0.39 is 6.29 Å². The molecule has 1 unspecified atom stereocenters. The van der Waals surface area contributed by atoms with Crippen LogP contribution < -0.4 is 4.74 Å². The van der Waals surface area contributed by atoms with Crippen molar-refractivity contribution in [1.29, 1.82) is 0 Å². The highest BCUT2D eigenvalue weighted by Crippen LogP contribution is 2.51. The molecule has 2 heterocycles. The highest BCUT2D eigenvalue weighted by molar-refractivity contribution is 5.90. The number of methoxy groups -OCH3 is 2. The van der Waals surface area contributed by atoms with Crippen molar-refractivity contribution in [1.82, 2.24) is 0 Å². The smallest absolute Gasteiger partial charge is 0.337 e. The fraction of sp³-hybridized carbons (Fsp3) is 0.292. The first-order valence-corrected chi connectivity index (χ1v) is 9.50. The van der Waals surface area contributed by atoms with Gasteiger partial charge in [-0.2, -0.15) is 0 Å². The van der Waals surface area contributed by atoms with Crippen molar-refractivity contribution in [2.24, 2.45) is 0 Å². The number of hydrogen-bond acceptors (Lipinski definition) is 5. The molecule has 2 aromatic carbocycles. The van der Waals surface area contributed by atoms with E-state index in [-0.39, 0.29) is 11.4 Å². The molecule has 0 N–H and O–H groups in total. The van der Waals surface area contributed by atoms with Crippen molar-refractivity contribution in [2.45, 2.75) is 32.5 Å². The van der Waals surface area contributed by atoms with Crippen LogP contribution in [0.5, 0.6) is 5.75 Å². The molecule has 0 amide bonds. The molecule has 0 fully saturated rings. The molecule has 0 saturated heterocycles. The number of para-hydroxylation sites is 1. The van der Waals surface area contributed by atoms with Gasteiger partial charge in [-0.3, -0.25) is 0 Å². The second kappa shape index (κ2) is 7.08. The van der Waals surface area contributed by atoms with Gasteiger partial charge >= 0.3 is 5.97 Å². The summed E-state index contributed by atoms with van der Waals surface area (Å²) in [6, 6.07) is 15.1. The van der Waals surface area contributed by atoms with Gasteiger partial charge in [0.2, 0.25) is 6.29 Å². The topological polar surface area (TPSA) is 57.9 Å². The zero-order valence-electron chi connectivity index (χ0n) is 17.2. The molecule has 5 heteroatoms. The predicted octanol–water partition coefficient (Wildman–Crippen LogP) is 5.74. The number of hydrogen-bond donors (Lipinski definition) is 0. The van der Waals surface area contributed by atoms with Crippen molar-refractivity contribution < 1.29 is 23.4 Å². The standard InChI is InChI=1S/C24H24O5/c1-24(2,3)21-18(14-10-12-15(13-11-14)22(25)26-4)19-20(29-21)16-8-6-7-9-17(16)28-23(19)27-5/h6-13,23H,1-5H3. The Morgan fingerprint density at radius 3 is 2.31 bits per heavy atom. The van der Waals surface area contributed by atoms with E-state index in [0.29, 0.717) is 5.56 Å². The lowest BCUT2D eigenvalue weighted by Crippen LogP contribution is -2.16. The maximum Gasteiger partial charge on any atom is 0.337 e. The van der Waals surface area contributed by atoms with Crippen LogP contribution in [0.15, 0.2) is 52.9 Å². The van der Waals surface area contributed by atoms with Gasteiger partial charge < -0.3 is 18.6 Å². The van der Waals surface area contributed by atoms with Crippen molar-refractivity contribution in [2.75, 3.05) is 14.2 Å². The fourth-order valence-corrected chi connectivity index (χ4v) is 3.67. The van der Waals surface area contributed by atoms with Gasteiger partial charge in [0.25, 0.3) is 0 Å². The van der Waals surface area contributed by atoms with Gasteiger partial charge in [0.1, 0.15) is 17.3 Å². The zero-order valence-corrected chi connectivity index (χ0v) is 17.2. The number of carbonyl (C=O) groups excluding carboxylic acids is 1. The Hall–Kier alpha value is -3.05. The monoisotopic (exact) mass is 392 g/mol. The van der Waals surface area contributed by atoms with Crippen molar-refractivity contribution in [3.05, 3.63) is 65.4 Å². The lowest BCUT2D eigenvalue weighted by atomic mass is 9.85. The molecule has 150 valence electrons. The molecular weight excluding hydrogens is 368 g/mol. The molecule has 1 aliphatic rings. The molecule has 1 aromatic heterocycles. The molecule has 0 aliphatic carbocycles. The van der Waals surface area contributed by atoms with E-state index in [1.54, 1.807) is 19.2 Å². The van der Waals surface area contributed by atoms with Crippen LogP contribution in [0.2, 0.25) is 0 Å². The minimum atomic E-state index is -0.588. The van der Waals surface area contributed by atoms with Crippen molar-refractivity contribution in [3.8, 4) is 28.2 Å². The van der Waals surface area contributed by atoms with Gasteiger partial charge in [-0.25, -0.2) is 4.79 Å². The van der Waals surface area contributed by atoms with Crippen LogP contribution in [-0.2, 0) is 14.9 Å². The van der Waals surface area contributed by atoms with Crippen LogP contribution in [0.4, 0.5) is 0 Å². The molecule has 0 saturated carbocycles. The van der Waals surface area contributed by atoms with E-state index in [1.807, 2.05) is 36.4 Å². The summed E-state index contributed by atoms with van der Waals surface area (Å²) in [5.74, 6) is 1.97. The van der Waals surface area contributed by atoms with Gasteiger partial charge in [-0.15, -0.1) is 0 Å². The van der Waals surface area contributed by atoms with Gasteiger partial charge in [0, 0.05) is 18.1 Å². The van der Waals surface area contributed by atoms with E-state index in [2.05, 4.69) is 20.8 Å². The van der Waals surface area contributed by atoms with Crippen molar-refractivity contribution in [3.63, 3.8) is 0 Å². The van der Waals surface area contributed by atoms with Crippen LogP contribution in [0.3, 0.4) is 0 Å². The van der Waals surface area contributed by atoms with E-state index >= 15 is 0 Å². The number of benzene rings is 2. The molecule has 29 heavy (non-hydrogen) atoms. The largest absolute Gasteiger partial charge is 0.465 e. The number of rotatable bonds is 3. The average molecular weight is 392 g/mol. The second-order valence-electron chi connectivity index (χ2n) is 8.05. The first-order valence-electron chi connectivity index (χ1n) is 9.50. The average Bonchev–Trinajstić information content (AvgIpc) is 3.14. The number of carbonyl (C=O) groups is 1. The number of furan rings is 1. The van der Waals surface area contributed by atoms with Gasteiger partial charge in [0.05, 0.1) is 23.8 Å². The molecule has 0 spiro atoms. The highest BCUT2D eigenvalue weighted by Gasteiger charge is 2.38. The van der Waals surface area contributed by atoms with E-state index in [9.17, 15) is 4.79 Å². The number of esters is 1. The van der Waals surface area contributed by atoms with Gasteiger partial charge in [-0.05, 0) is 29.8 Å². The van der Waals surface area contributed by atoms with Gasteiger partial charge in [0.15, 0.2) is 0 Å². The van der Waals surface area contributed by atoms with Crippen LogP contribution in [-0.4, -0.2) is 20.2 Å². The summed E-state index contributed by atoms with van der Waals surface area (Å²) in [5, 5.41) is 0. The minimum Gasteiger partial charge on any atom is -0.465 e. The van der Waals surface area contributed by atoms with Crippen LogP contribution in [0, 0.1) is 0 Å². The van der Waals surface area contributed by atoms with Gasteiger partial charge in [-0.1, -0.05) is 45.0 Å². The first-order chi connectivity index (χ1) is 13.8. The highest BCUT2D eigenvalue weighted by atomic mass is 16.7. The first kappa shape index (κ1) is 19.3. The Labute approximate surface area is 170 Å². The van der Waals surface area contributed by atoms with Crippen molar-refractivity contribution >= 4 is 5.97 Å². The molecule has 5 nitrogen and oxygen atoms in total. The Morgan fingerprint density at radius 1 is 1.00 bits per heavy atom. The summed E-state index contributed by atoms with van der Waals surface area (Å²) >= 11 is 0. The lowest BCUT2D eigenvalue weighted by molar-refractivity contribution is -0.0579. The Morgan fingerprint density at radius 2 is 1.69 bits per heavy atom. The third-order valence-corrected chi connectivity index (χ3v) is 5.04. The Kier molecular flexibility index (Phi) is 4.71. The Bertz CT molecular complexity index is 1050. The maximum atomic E-state index is 11.8. The lowest BCUT2D eigenvalue weighted by Gasteiger charge is -2.25. The summed E-state index contributed by atoms with van der Waals surface area (Å²) in [7, 11) is 2.99. The summed E-state index contributed by atoms with van der Waals surface area (Å²) in [4.78, 5) is 11.8. The summed E-state index contributed by atoms with van der Waals surface area (Å²) in [6.07, 6.45) is -0.588. The normalized spacial score (nSPS) is 15.3. The molecule has 3 aromatic rings. The predicted molar refractivity (Wildman–Crippen MR) is 110 cm³/mol. The van der Waals surface area contributed by atoms with E-state index in [4.69, 9.17) is 18.6 Å². The minimum absolute atomic E-state index is 0.249. The molecule has 0 radical (unpaired) electrons. The SMILES string of the molecule is COC(=O)c1ccc(-c2c(C(C)(C)C)oc3c2C(OC)Oc2ccccc2-3)cc1. The quantitative estimate of drug-likeness (QED) is 0.532. The second-order valence-corrected chi connectivity index (χ2v) is 8.05. The molecule has 1 aliphatic heterocycles. The van der Waals surface area contributed by atoms with E-state index in [0.717, 1.165) is 39.5 Å².